The predicted molar refractivity (Wildman–Crippen MR) is 86.3 cm³/mol. The lowest BCUT2D eigenvalue weighted by Crippen LogP contribution is -2.50. The van der Waals surface area contributed by atoms with Crippen LogP contribution >= 0.6 is 0 Å². The molecule has 0 amide bonds. The van der Waals surface area contributed by atoms with Crippen molar-refractivity contribution in [3.63, 3.8) is 0 Å². The first-order valence-corrected chi connectivity index (χ1v) is 7.82. The van der Waals surface area contributed by atoms with Crippen LogP contribution < -0.4 is 14.8 Å². The van der Waals surface area contributed by atoms with Crippen molar-refractivity contribution in [2.45, 2.75) is 26.3 Å². The summed E-state index contributed by atoms with van der Waals surface area (Å²) in [4.78, 5) is 2.60. The molecule has 0 saturated carbocycles. The average Bonchev–Trinajstić information content (AvgIpc) is 2.52. The van der Waals surface area contributed by atoms with Crippen molar-refractivity contribution < 1.29 is 9.47 Å². The fourth-order valence-electron chi connectivity index (χ4n) is 3.14. The third kappa shape index (κ3) is 3.89. The van der Waals surface area contributed by atoms with Crippen LogP contribution in [-0.4, -0.2) is 51.3 Å². The van der Waals surface area contributed by atoms with Crippen molar-refractivity contribution in [2.75, 3.05) is 40.4 Å². The third-order valence-corrected chi connectivity index (χ3v) is 4.30. The molecule has 0 radical (unpaired) electrons. The molecule has 0 bridgehead atoms. The number of hydrogen-bond acceptors (Lipinski definition) is 4. The van der Waals surface area contributed by atoms with E-state index < -0.39 is 0 Å². The quantitative estimate of drug-likeness (QED) is 0.871. The van der Waals surface area contributed by atoms with Crippen molar-refractivity contribution >= 4 is 0 Å². The highest BCUT2D eigenvalue weighted by molar-refractivity contribution is 5.47. The molecule has 0 spiro atoms. The molecular weight excluding hydrogens is 264 g/mol. The van der Waals surface area contributed by atoms with E-state index in [9.17, 15) is 0 Å². The molecule has 4 nitrogen and oxygen atoms in total. The standard InChI is InChI=1S/C17H28N2O2/c1-13(2)15(19-10-8-18-9-11-19)12-14-6-5-7-16(20-3)17(14)21-4/h5-7,13,15,18H,8-12H2,1-4H3. The molecule has 0 aliphatic carbocycles. The maximum absolute atomic E-state index is 5.58. The summed E-state index contributed by atoms with van der Waals surface area (Å²) >= 11 is 0. The van der Waals surface area contributed by atoms with Gasteiger partial charge in [-0.1, -0.05) is 26.0 Å². The number of rotatable bonds is 6. The Kier molecular flexibility index (Phi) is 5.88. The van der Waals surface area contributed by atoms with Gasteiger partial charge in [-0.2, -0.15) is 0 Å². The molecular formula is C17H28N2O2. The summed E-state index contributed by atoms with van der Waals surface area (Å²) in [5, 5.41) is 3.43. The number of piperazine rings is 1. The summed E-state index contributed by atoms with van der Waals surface area (Å²) in [7, 11) is 3.41. The monoisotopic (exact) mass is 292 g/mol. The molecule has 0 aromatic heterocycles. The molecule has 1 fully saturated rings. The van der Waals surface area contributed by atoms with E-state index in [1.54, 1.807) is 14.2 Å². The highest BCUT2D eigenvalue weighted by Crippen LogP contribution is 2.32. The summed E-state index contributed by atoms with van der Waals surface area (Å²) in [6.07, 6.45) is 0.998. The van der Waals surface area contributed by atoms with Gasteiger partial charge in [-0.15, -0.1) is 0 Å². The van der Waals surface area contributed by atoms with Crippen LogP contribution in [0.3, 0.4) is 0 Å². The highest BCUT2D eigenvalue weighted by Gasteiger charge is 2.25. The summed E-state index contributed by atoms with van der Waals surface area (Å²) in [6.45, 7) is 9.01. The van der Waals surface area contributed by atoms with Crippen LogP contribution in [0.15, 0.2) is 18.2 Å². The van der Waals surface area contributed by atoms with Gasteiger partial charge in [-0.25, -0.2) is 0 Å². The number of para-hydroxylation sites is 1. The van der Waals surface area contributed by atoms with E-state index >= 15 is 0 Å². The minimum Gasteiger partial charge on any atom is -0.493 e. The summed E-state index contributed by atoms with van der Waals surface area (Å²) in [5.74, 6) is 2.30. The lowest BCUT2D eigenvalue weighted by Gasteiger charge is -2.37. The molecule has 1 saturated heterocycles. The second-order valence-corrected chi connectivity index (χ2v) is 5.95. The summed E-state index contributed by atoms with van der Waals surface area (Å²) in [5.41, 5.74) is 1.23. The predicted octanol–water partition coefficient (Wildman–Crippen LogP) is 2.18. The van der Waals surface area contributed by atoms with E-state index in [2.05, 4.69) is 30.1 Å². The second kappa shape index (κ2) is 7.66. The SMILES string of the molecule is COc1cccc(CC(C(C)C)N2CCNCC2)c1OC. The summed E-state index contributed by atoms with van der Waals surface area (Å²) in [6, 6.07) is 6.69. The molecule has 2 rings (SSSR count). The van der Waals surface area contributed by atoms with Crippen molar-refractivity contribution in [1.82, 2.24) is 10.2 Å². The second-order valence-electron chi connectivity index (χ2n) is 5.95. The van der Waals surface area contributed by atoms with E-state index in [0.29, 0.717) is 12.0 Å². The number of ether oxygens (including phenoxy) is 2. The van der Waals surface area contributed by atoms with Gasteiger partial charge in [0.15, 0.2) is 11.5 Å². The number of methoxy groups -OCH3 is 2. The highest BCUT2D eigenvalue weighted by atomic mass is 16.5. The average molecular weight is 292 g/mol. The lowest BCUT2D eigenvalue weighted by atomic mass is 9.93. The van der Waals surface area contributed by atoms with Gasteiger partial charge >= 0.3 is 0 Å². The van der Waals surface area contributed by atoms with Crippen molar-refractivity contribution in [3.05, 3.63) is 23.8 Å². The maximum atomic E-state index is 5.58. The normalized spacial score (nSPS) is 17.8. The molecule has 1 aromatic carbocycles. The van der Waals surface area contributed by atoms with Gasteiger partial charge in [0.2, 0.25) is 0 Å². The van der Waals surface area contributed by atoms with Gasteiger partial charge in [-0.3, -0.25) is 4.90 Å². The number of hydrogen-bond donors (Lipinski definition) is 1. The first-order chi connectivity index (χ1) is 10.2. The fraction of sp³-hybridized carbons (Fsp3) is 0.647. The zero-order chi connectivity index (χ0) is 15.2. The number of nitrogens with zero attached hydrogens (tertiary/aromatic N) is 1. The Morgan fingerprint density at radius 1 is 1.14 bits per heavy atom. The van der Waals surface area contributed by atoms with Gasteiger partial charge in [0.1, 0.15) is 0 Å². The van der Waals surface area contributed by atoms with Gasteiger partial charge in [0.25, 0.3) is 0 Å². The van der Waals surface area contributed by atoms with E-state index in [4.69, 9.17) is 9.47 Å². The zero-order valence-electron chi connectivity index (χ0n) is 13.7. The first kappa shape index (κ1) is 16.1. The first-order valence-electron chi connectivity index (χ1n) is 7.82. The van der Waals surface area contributed by atoms with Crippen LogP contribution in [0.2, 0.25) is 0 Å². The van der Waals surface area contributed by atoms with E-state index in [0.717, 1.165) is 44.1 Å². The van der Waals surface area contributed by atoms with Crippen LogP contribution in [0, 0.1) is 5.92 Å². The largest absolute Gasteiger partial charge is 0.493 e. The van der Waals surface area contributed by atoms with E-state index in [1.807, 2.05) is 12.1 Å². The molecule has 1 aliphatic rings. The van der Waals surface area contributed by atoms with Gasteiger partial charge in [0, 0.05) is 32.2 Å². The molecule has 1 aromatic rings. The molecule has 118 valence electrons. The molecule has 4 heteroatoms. The third-order valence-electron chi connectivity index (χ3n) is 4.30. The van der Waals surface area contributed by atoms with Gasteiger partial charge in [0.05, 0.1) is 14.2 Å². The molecule has 1 unspecified atom stereocenters. The van der Waals surface area contributed by atoms with Crippen LogP contribution in [0.4, 0.5) is 0 Å². The Bertz CT molecular complexity index is 442. The molecule has 1 atom stereocenters. The van der Waals surface area contributed by atoms with Gasteiger partial charge < -0.3 is 14.8 Å². The fourth-order valence-corrected chi connectivity index (χ4v) is 3.14. The van der Waals surface area contributed by atoms with Crippen LogP contribution in [0.25, 0.3) is 0 Å². The van der Waals surface area contributed by atoms with E-state index in [1.165, 1.54) is 5.56 Å². The van der Waals surface area contributed by atoms with Crippen LogP contribution in [-0.2, 0) is 6.42 Å². The summed E-state index contributed by atoms with van der Waals surface area (Å²) < 4.78 is 11.0. The minimum atomic E-state index is 0.535. The lowest BCUT2D eigenvalue weighted by molar-refractivity contribution is 0.135. The smallest absolute Gasteiger partial charge is 0.163 e. The Balaban J connectivity index is 2.20. The molecule has 1 heterocycles. The molecule has 1 aliphatic heterocycles. The van der Waals surface area contributed by atoms with Crippen molar-refractivity contribution in [2.24, 2.45) is 5.92 Å². The minimum absolute atomic E-state index is 0.535. The Labute approximate surface area is 128 Å². The zero-order valence-corrected chi connectivity index (χ0v) is 13.7. The Morgan fingerprint density at radius 3 is 2.43 bits per heavy atom. The topological polar surface area (TPSA) is 33.7 Å². The van der Waals surface area contributed by atoms with Crippen molar-refractivity contribution in [3.8, 4) is 11.5 Å². The van der Waals surface area contributed by atoms with Gasteiger partial charge in [-0.05, 0) is 24.0 Å². The Hall–Kier alpha value is -1.26. The number of benzene rings is 1. The van der Waals surface area contributed by atoms with Crippen LogP contribution in [0.1, 0.15) is 19.4 Å². The number of nitrogens with one attached hydrogen (secondary N) is 1. The Morgan fingerprint density at radius 2 is 1.86 bits per heavy atom. The maximum Gasteiger partial charge on any atom is 0.163 e. The molecule has 21 heavy (non-hydrogen) atoms. The van der Waals surface area contributed by atoms with Crippen molar-refractivity contribution in [1.29, 1.82) is 0 Å². The van der Waals surface area contributed by atoms with Crippen LogP contribution in [0.5, 0.6) is 11.5 Å². The molecule has 1 N–H and O–H groups in total. The van der Waals surface area contributed by atoms with E-state index in [-0.39, 0.29) is 0 Å².